The molecule has 0 saturated heterocycles. The fourth-order valence-electron chi connectivity index (χ4n) is 16.1. The first-order chi connectivity index (χ1) is 55.5. The fourth-order valence-corrected chi connectivity index (χ4v) is 16.1. The zero-order valence-corrected chi connectivity index (χ0v) is 60.9. The number of benzene rings is 17. The van der Waals surface area contributed by atoms with Gasteiger partial charge in [0.25, 0.3) is 0 Å². The van der Waals surface area contributed by atoms with Gasteiger partial charge in [0.1, 0.15) is 0 Å². The lowest BCUT2D eigenvalue weighted by atomic mass is 9.92. The molecule has 0 radical (unpaired) electrons. The van der Waals surface area contributed by atoms with Crippen molar-refractivity contribution in [1.82, 2.24) is 29.9 Å². The van der Waals surface area contributed by atoms with E-state index in [4.69, 9.17) is 19.9 Å². The number of pyridine rings is 2. The highest BCUT2D eigenvalue weighted by atomic mass is 14.9. The highest BCUT2D eigenvalue weighted by Crippen LogP contribution is 2.42. The lowest BCUT2D eigenvalue weighted by Gasteiger charge is -2.13. The Morgan fingerprint density at radius 3 is 0.911 bits per heavy atom. The van der Waals surface area contributed by atoms with Crippen LogP contribution >= 0.6 is 0 Å². The van der Waals surface area contributed by atoms with E-state index in [-0.39, 0.29) is 0 Å². The van der Waals surface area contributed by atoms with Crippen molar-refractivity contribution in [2.24, 2.45) is 0 Å². The van der Waals surface area contributed by atoms with Crippen molar-refractivity contribution in [3.8, 4) is 135 Å². The maximum Gasteiger partial charge on any atom is 0.160 e. The maximum absolute atomic E-state index is 5.26. The molecule has 0 aliphatic carbocycles. The maximum atomic E-state index is 5.26. The van der Waals surface area contributed by atoms with E-state index in [1.54, 1.807) is 12.4 Å². The highest BCUT2D eigenvalue weighted by molar-refractivity contribution is 6.26. The molecule has 6 nitrogen and oxygen atoms in total. The predicted octanol–water partition coefficient (Wildman–Crippen LogP) is 27.8. The highest BCUT2D eigenvalue weighted by Gasteiger charge is 2.19. The van der Waals surface area contributed by atoms with Gasteiger partial charge in [0.15, 0.2) is 11.6 Å². The van der Waals surface area contributed by atoms with Gasteiger partial charge < -0.3 is 0 Å². The smallest absolute Gasteiger partial charge is 0.160 e. The van der Waals surface area contributed by atoms with E-state index in [1.807, 2.05) is 24.5 Å². The molecule has 0 aliphatic rings. The largest absolute Gasteiger partial charge is 0.264 e. The normalized spacial score (nSPS) is 11.4. The van der Waals surface area contributed by atoms with Gasteiger partial charge >= 0.3 is 0 Å². The van der Waals surface area contributed by atoms with Crippen LogP contribution in [0, 0.1) is 0 Å². The molecule has 6 heteroatoms. The van der Waals surface area contributed by atoms with E-state index in [0.29, 0.717) is 11.6 Å². The number of fused-ring (bicyclic) bond motifs is 11. The zero-order chi connectivity index (χ0) is 74.3. The summed E-state index contributed by atoms with van der Waals surface area (Å²) < 4.78 is 0. The Balaban J connectivity index is 0.000000146. The second kappa shape index (κ2) is 29.0. The van der Waals surface area contributed by atoms with Crippen molar-refractivity contribution in [2.75, 3.05) is 0 Å². The van der Waals surface area contributed by atoms with Crippen molar-refractivity contribution in [1.29, 1.82) is 0 Å². The lowest BCUT2D eigenvalue weighted by Crippen LogP contribution is -1.96. The van der Waals surface area contributed by atoms with Crippen molar-refractivity contribution < 1.29 is 0 Å². The Kier molecular flexibility index (Phi) is 17.2. The molecular formula is C106H68N6. The molecule has 21 rings (SSSR count). The Morgan fingerprint density at radius 1 is 0.143 bits per heavy atom. The number of aromatic nitrogens is 6. The summed E-state index contributed by atoms with van der Waals surface area (Å²) in [5.41, 5.74) is 23.3. The van der Waals surface area contributed by atoms with Gasteiger partial charge in [0.05, 0.1) is 22.8 Å². The summed E-state index contributed by atoms with van der Waals surface area (Å²) in [6.07, 6.45) is 7.39. The van der Waals surface area contributed by atoms with E-state index in [1.165, 1.54) is 103 Å². The van der Waals surface area contributed by atoms with Crippen LogP contribution in [0.4, 0.5) is 0 Å². The molecule has 0 bridgehead atoms. The molecule has 0 atom stereocenters. The van der Waals surface area contributed by atoms with Crippen molar-refractivity contribution in [2.45, 2.75) is 0 Å². The second-order valence-electron chi connectivity index (χ2n) is 28.5. The molecule has 4 aromatic heterocycles. The van der Waals surface area contributed by atoms with Crippen LogP contribution < -0.4 is 0 Å². The summed E-state index contributed by atoms with van der Waals surface area (Å²) in [5, 5.41) is 17.5. The van der Waals surface area contributed by atoms with Crippen LogP contribution in [0.2, 0.25) is 0 Å². The first-order valence-electron chi connectivity index (χ1n) is 37.9. The van der Waals surface area contributed by atoms with Gasteiger partial charge in [-0.05, 0) is 191 Å². The molecule has 21 aromatic rings. The molecule has 0 unspecified atom stereocenters. The standard InChI is InChI=1S/C55H35N3.C51H33N3/c1-2-15-45-37(10-1)11-8-20-46(45)38-23-27-40(28-24-38)54-34-53(39-25-21-36(22-26-39)44-14-9-31-56-35-44)57-55(58-54)43-13-7-12-41(32-43)42-29-30-51-49-18-4-3-16-47(49)48-17-5-6-19-50(48)52(51)33-42;1-3-16-43-35(10-1)12-8-20-44(43)36-23-27-38(28-24-36)50-32-49(37-25-21-34(22-26-37)42-15-9-29-52-33-42)53-51(54-50)41-14-7-13-39(30-41)48-31-40-11-2-4-17-45(40)46-18-5-6-19-47(46)48/h1-35H;1-33H. The van der Waals surface area contributed by atoms with Gasteiger partial charge in [0.2, 0.25) is 0 Å². The van der Waals surface area contributed by atoms with Crippen LogP contribution in [0.5, 0.6) is 0 Å². The average molecular weight is 1430 g/mol. The summed E-state index contributed by atoms with van der Waals surface area (Å²) in [7, 11) is 0. The molecule has 0 aliphatic heterocycles. The van der Waals surface area contributed by atoms with Crippen LogP contribution in [0.3, 0.4) is 0 Å². The molecule has 0 amide bonds. The monoisotopic (exact) mass is 1420 g/mol. The van der Waals surface area contributed by atoms with Gasteiger partial charge in [-0.15, -0.1) is 0 Å². The van der Waals surface area contributed by atoms with Crippen molar-refractivity contribution in [3.05, 3.63) is 413 Å². The van der Waals surface area contributed by atoms with Gasteiger partial charge in [0, 0.05) is 58.2 Å². The van der Waals surface area contributed by atoms with Gasteiger partial charge in [-0.1, -0.05) is 340 Å². The van der Waals surface area contributed by atoms with Crippen LogP contribution in [0.15, 0.2) is 413 Å². The third-order valence-corrected chi connectivity index (χ3v) is 21.8. The van der Waals surface area contributed by atoms with Crippen molar-refractivity contribution in [3.63, 3.8) is 0 Å². The molecular weight excluding hydrogens is 1360 g/mol. The van der Waals surface area contributed by atoms with Gasteiger partial charge in [-0.2, -0.15) is 0 Å². The molecule has 0 saturated carbocycles. The Morgan fingerprint density at radius 2 is 0.455 bits per heavy atom. The quantitative estimate of drug-likeness (QED) is 0.113. The summed E-state index contributed by atoms with van der Waals surface area (Å²) >= 11 is 0. The minimum absolute atomic E-state index is 0.682. The molecule has 0 spiro atoms. The van der Waals surface area contributed by atoms with Crippen LogP contribution in [0.1, 0.15) is 0 Å². The molecule has 0 fully saturated rings. The Hall–Kier alpha value is -15.0. The third kappa shape index (κ3) is 12.8. The lowest BCUT2D eigenvalue weighted by molar-refractivity contribution is 1.18. The first kappa shape index (κ1) is 66.5. The van der Waals surface area contributed by atoms with Gasteiger partial charge in [-0.3, -0.25) is 9.97 Å². The second-order valence-corrected chi connectivity index (χ2v) is 28.5. The van der Waals surface area contributed by atoms with Gasteiger partial charge in [-0.25, -0.2) is 19.9 Å². The summed E-state index contributed by atoms with van der Waals surface area (Å²) in [6, 6.07) is 138. The van der Waals surface area contributed by atoms with E-state index < -0.39 is 0 Å². The predicted molar refractivity (Wildman–Crippen MR) is 467 cm³/mol. The minimum Gasteiger partial charge on any atom is -0.264 e. The number of hydrogen-bond donors (Lipinski definition) is 0. The van der Waals surface area contributed by atoms with Crippen LogP contribution in [-0.4, -0.2) is 29.9 Å². The zero-order valence-electron chi connectivity index (χ0n) is 60.9. The third-order valence-electron chi connectivity index (χ3n) is 21.8. The van der Waals surface area contributed by atoms with Crippen LogP contribution in [0.25, 0.3) is 210 Å². The average Bonchev–Trinajstić information content (AvgIpc) is 0.762. The molecule has 17 aromatic carbocycles. The Bertz CT molecular complexity index is 7100. The van der Waals surface area contributed by atoms with Crippen molar-refractivity contribution >= 4 is 75.4 Å². The summed E-state index contributed by atoms with van der Waals surface area (Å²) in [6.45, 7) is 0. The van der Waals surface area contributed by atoms with Crippen LogP contribution in [-0.2, 0) is 0 Å². The summed E-state index contributed by atoms with van der Waals surface area (Å²) in [5.74, 6) is 1.37. The first-order valence-corrected chi connectivity index (χ1v) is 37.9. The molecule has 4 heterocycles. The molecule has 0 N–H and O–H groups in total. The summed E-state index contributed by atoms with van der Waals surface area (Å²) in [4.78, 5) is 29.6. The molecule has 522 valence electrons. The SMILES string of the molecule is c1cncc(-c2ccc(-c3cc(-c4ccc(-c5cccc6ccccc56)cc4)nc(-c4cccc(-c5cc6ccccc6c6ccccc56)c4)n3)cc2)c1.c1cncc(-c2ccc(-c3cc(-c4ccc(-c5cccc6ccccc56)cc4)nc(-c4cccc(-c5ccc6c7ccccc7c7ccccc7c6c5)c4)n3)cc2)c1. The van der Waals surface area contributed by atoms with E-state index in [0.717, 1.165) is 95.1 Å². The van der Waals surface area contributed by atoms with E-state index >= 15 is 0 Å². The Labute approximate surface area is 648 Å². The van der Waals surface area contributed by atoms with E-state index in [2.05, 4.69) is 386 Å². The minimum atomic E-state index is 0.682. The number of rotatable bonds is 12. The fraction of sp³-hybridized carbons (Fsp3) is 0. The molecule has 112 heavy (non-hydrogen) atoms. The topological polar surface area (TPSA) is 77.3 Å². The van der Waals surface area contributed by atoms with E-state index in [9.17, 15) is 0 Å². The number of nitrogens with zero attached hydrogens (tertiary/aromatic N) is 6. The number of hydrogen-bond acceptors (Lipinski definition) is 6.